The Hall–Kier alpha value is -2.06. The number of benzene rings is 1. The number of thioether (sulfide) groups is 1. The average Bonchev–Trinajstić information content (AvgIpc) is 2.87. The molecule has 1 amide bonds. The highest BCUT2D eigenvalue weighted by molar-refractivity contribution is 8.04. The van der Waals surface area contributed by atoms with Crippen molar-refractivity contribution in [2.75, 3.05) is 26.3 Å². The van der Waals surface area contributed by atoms with E-state index in [2.05, 4.69) is 5.32 Å². The van der Waals surface area contributed by atoms with Crippen LogP contribution in [0.3, 0.4) is 0 Å². The van der Waals surface area contributed by atoms with Crippen molar-refractivity contribution in [3.63, 3.8) is 0 Å². The summed E-state index contributed by atoms with van der Waals surface area (Å²) in [7, 11) is 0. The van der Waals surface area contributed by atoms with E-state index in [4.69, 9.17) is 4.74 Å². The van der Waals surface area contributed by atoms with Gasteiger partial charge in [-0.25, -0.2) is 4.39 Å². The third kappa shape index (κ3) is 3.50. The fourth-order valence-corrected chi connectivity index (χ4v) is 4.22. The Morgan fingerprint density at radius 2 is 1.96 bits per heavy atom. The maximum absolute atomic E-state index is 15.3. The Balaban J connectivity index is 1.93. The van der Waals surface area contributed by atoms with Gasteiger partial charge in [-0.15, -0.1) is 0 Å². The Morgan fingerprint density at radius 1 is 1.32 bits per heavy atom. The molecular weight excluding hydrogens is 347 g/mol. The molecule has 0 spiro atoms. The number of hydrogen-bond donors (Lipinski definition) is 2. The van der Waals surface area contributed by atoms with Crippen LogP contribution in [0.25, 0.3) is 0 Å². The van der Waals surface area contributed by atoms with E-state index < -0.39 is 22.8 Å². The summed E-state index contributed by atoms with van der Waals surface area (Å²) in [4.78, 5) is 25.9. The average molecular weight is 366 g/mol. The SMILES string of the molecule is CC1(F)C(NC(=O)c2ccccc2)=C(N2CCOCC2)SC1C(=O)O. The van der Waals surface area contributed by atoms with Crippen molar-refractivity contribution in [2.24, 2.45) is 0 Å². The quantitative estimate of drug-likeness (QED) is 0.847. The van der Waals surface area contributed by atoms with Crippen LogP contribution in [0.5, 0.6) is 0 Å². The molecule has 2 heterocycles. The van der Waals surface area contributed by atoms with Gasteiger partial charge in [-0.1, -0.05) is 30.0 Å². The number of ether oxygens (including phenoxy) is 1. The van der Waals surface area contributed by atoms with Crippen molar-refractivity contribution in [3.05, 3.63) is 46.6 Å². The number of carboxylic acid groups (broad SMARTS) is 1. The predicted octanol–water partition coefficient (Wildman–Crippen LogP) is 1.85. The van der Waals surface area contributed by atoms with Crippen LogP contribution in [0.2, 0.25) is 0 Å². The van der Waals surface area contributed by atoms with E-state index in [0.29, 0.717) is 36.9 Å². The second-order valence-electron chi connectivity index (χ2n) is 6.01. The minimum absolute atomic E-state index is 0.0145. The van der Waals surface area contributed by atoms with Gasteiger partial charge in [0.2, 0.25) is 0 Å². The van der Waals surface area contributed by atoms with Gasteiger partial charge in [-0.2, -0.15) is 0 Å². The number of nitrogens with zero attached hydrogens (tertiary/aromatic N) is 1. The molecule has 1 aromatic rings. The number of morpholine rings is 1. The molecule has 0 radical (unpaired) electrons. The molecule has 0 saturated carbocycles. The second-order valence-corrected chi connectivity index (χ2v) is 7.11. The summed E-state index contributed by atoms with van der Waals surface area (Å²) in [5.41, 5.74) is -1.79. The summed E-state index contributed by atoms with van der Waals surface area (Å²) in [5.74, 6) is -1.71. The molecule has 2 aliphatic rings. The lowest BCUT2D eigenvalue weighted by Crippen LogP contribution is -2.43. The molecule has 0 bridgehead atoms. The molecule has 1 saturated heterocycles. The third-order valence-electron chi connectivity index (χ3n) is 4.22. The molecule has 3 rings (SSSR count). The van der Waals surface area contributed by atoms with Crippen LogP contribution < -0.4 is 5.32 Å². The minimum Gasteiger partial charge on any atom is -0.480 e. The third-order valence-corrected chi connectivity index (χ3v) is 5.79. The van der Waals surface area contributed by atoms with Crippen LogP contribution in [0.4, 0.5) is 4.39 Å². The van der Waals surface area contributed by atoms with Crippen LogP contribution in [-0.2, 0) is 9.53 Å². The number of nitrogens with one attached hydrogen (secondary N) is 1. The molecule has 2 aliphatic heterocycles. The normalized spacial score (nSPS) is 26.6. The number of carboxylic acids is 1. The Morgan fingerprint density at radius 3 is 2.56 bits per heavy atom. The number of amides is 1. The number of aliphatic carboxylic acids is 1. The lowest BCUT2D eigenvalue weighted by atomic mass is 9.99. The lowest BCUT2D eigenvalue weighted by molar-refractivity contribution is -0.138. The Labute approximate surface area is 149 Å². The number of halogens is 1. The number of carbonyl (C=O) groups is 2. The molecule has 2 N–H and O–H groups in total. The Kier molecular flexibility index (Phi) is 5.01. The van der Waals surface area contributed by atoms with E-state index in [1.165, 1.54) is 6.92 Å². The van der Waals surface area contributed by atoms with Crippen molar-refractivity contribution >= 4 is 23.6 Å². The van der Waals surface area contributed by atoms with Gasteiger partial charge in [0, 0.05) is 18.7 Å². The summed E-state index contributed by atoms with van der Waals surface area (Å²) in [6.45, 7) is 3.20. The van der Waals surface area contributed by atoms with Crippen molar-refractivity contribution in [1.29, 1.82) is 0 Å². The zero-order valence-electron chi connectivity index (χ0n) is 13.7. The van der Waals surface area contributed by atoms with Crippen LogP contribution in [-0.4, -0.2) is 59.1 Å². The first-order valence-electron chi connectivity index (χ1n) is 7.93. The fourth-order valence-electron chi connectivity index (χ4n) is 2.85. The number of hydrogen-bond acceptors (Lipinski definition) is 5. The van der Waals surface area contributed by atoms with Gasteiger partial charge in [-0.3, -0.25) is 9.59 Å². The van der Waals surface area contributed by atoms with Crippen LogP contribution >= 0.6 is 11.8 Å². The number of carbonyl (C=O) groups excluding carboxylic acids is 1. The predicted molar refractivity (Wildman–Crippen MR) is 91.9 cm³/mol. The summed E-state index contributed by atoms with van der Waals surface area (Å²) in [6, 6.07) is 8.45. The largest absolute Gasteiger partial charge is 0.480 e. The highest BCUT2D eigenvalue weighted by Gasteiger charge is 2.52. The van der Waals surface area contributed by atoms with Crippen molar-refractivity contribution in [2.45, 2.75) is 17.8 Å². The molecule has 1 aromatic carbocycles. The second kappa shape index (κ2) is 7.05. The summed E-state index contributed by atoms with van der Waals surface area (Å²) >= 11 is 0.938. The van der Waals surface area contributed by atoms with Crippen LogP contribution in [0, 0.1) is 0 Å². The minimum atomic E-state index is -2.19. The number of alkyl halides is 1. The van der Waals surface area contributed by atoms with Gasteiger partial charge in [0.05, 0.1) is 23.9 Å². The highest BCUT2D eigenvalue weighted by atomic mass is 32.2. The van der Waals surface area contributed by atoms with E-state index in [9.17, 15) is 14.7 Å². The maximum atomic E-state index is 15.3. The van der Waals surface area contributed by atoms with E-state index >= 15 is 4.39 Å². The van der Waals surface area contributed by atoms with Gasteiger partial charge in [0.25, 0.3) is 5.91 Å². The monoisotopic (exact) mass is 366 g/mol. The first-order chi connectivity index (χ1) is 11.9. The molecule has 134 valence electrons. The van der Waals surface area contributed by atoms with Gasteiger partial charge in [-0.05, 0) is 19.1 Å². The van der Waals surface area contributed by atoms with Crippen molar-refractivity contribution < 1.29 is 23.8 Å². The molecule has 8 heteroatoms. The fraction of sp³-hybridized carbons (Fsp3) is 0.412. The molecule has 25 heavy (non-hydrogen) atoms. The molecular formula is C17H19FN2O4S. The topological polar surface area (TPSA) is 78.9 Å². The molecule has 1 fully saturated rings. The molecule has 2 unspecified atom stereocenters. The zero-order valence-corrected chi connectivity index (χ0v) is 14.5. The van der Waals surface area contributed by atoms with Gasteiger partial charge < -0.3 is 20.1 Å². The highest BCUT2D eigenvalue weighted by Crippen LogP contribution is 2.47. The summed E-state index contributed by atoms with van der Waals surface area (Å²) in [5, 5.41) is 11.2. The first kappa shape index (κ1) is 17.8. The van der Waals surface area contributed by atoms with E-state index in [-0.39, 0.29) is 5.70 Å². The smallest absolute Gasteiger partial charge is 0.320 e. The van der Waals surface area contributed by atoms with E-state index in [1.54, 1.807) is 30.3 Å². The zero-order chi connectivity index (χ0) is 18.0. The van der Waals surface area contributed by atoms with E-state index in [1.807, 2.05) is 4.90 Å². The Bertz CT molecular complexity index is 702. The van der Waals surface area contributed by atoms with Crippen LogP contribution in [0.15, 0.2) is 41.1 Å². The lowest BCUT2D eigenvalue weighted by Gasteiger charge is -2.30. The van der Waals surface area contributed by atoms with Gasteiger partial charge in [0.15, 0.2) is 5.67 Å². The van der Waals surface area contributed by atoms with Crippen molar-refractivity contribution in [3.8, 4) is 0 Å². The molecule has 0 aromatic heterocycles. The molecule has 6 nitrogen and oxygen atoms in total. The van der Waals surface area contributed by atoms with Gasteiger partial charge >= 0.3 is 5.97 Å². The number of allylic oxidation sites excluding steroid dienone is 1. The number of rotatable bonds is 4. The van der Waals surface area contributed by atoms with E-state index in [0.717, 1.165) is 11.8 Å². The maximum Gasteiger partial charge on any atom is 0.320 e. The first-order valence-corrected chi connectivity index (χ1v) is 8.81. The van der Waals surface area contributed by atoms with Gasteiger partial charge in [0.1, 0.15) is 5.25 Å². The molecule has 0 aliphatic carbocycles. The van der Waals surface area contributed by atoms with Crippen LogP contribution in [0.1, 0.15) is 17.3 Å². The standard InChI is InChI=1S/C17H19FN2O4S/c1-17(18)12(19-14(21)11-5-3-2-4-6-11)15(25-13(17)16(22)23)20-7-9-24-10-8-20/h2-6,13H,7-10H2,1H3,(H,19,21)(H,22,23). The molecule has 2 atom stereocenters. The summed E-state index contributed by atoms with van der Waals surface area (Å²) < 4.78 is 20.6. The summed E-state index contributed by atoms with van der Waals surface area (Å²) in [6.07, 6.45) is 0. The van der Waals surface area contributed by atoms with Crippen molar-refractivity contribution in [1.82, 2.24) is 10.2 Å².